The summed E-state index contributed by atoms with van der Waals surface area (Å²) in [6.07, 6.45) is 2.78. The molecule has 0 amide bonds. The zero-order valence-corrected chi connectivity index (χ0v) is 15.2. The Morgan fingerprint density at radius 2 is 1.96 bits per heavy atom. The molecule has 0 N–H and O–H groups in total. The Labute approximate surface area is 141 Å². The van der Waals surface area contributed by atoms with Gasteiger partial charge in [0.1, 0.15) is 0 Å². The molecule has 3 rings (SSSR count). The summed E-state index contributed by atoms with van der Waals surface area (Å²) in [5.41, 5.74) is 3.03. The highest BCUT2D eigenvalue weighted by Crippen LogP contribution is 2.32. The molecule has 3 heteroatoms. The van der Waals surface area contributed by atoms with E-state index >= 15 is 0 Å². The molecular weight excluding hydrogens is 284 g/mol. The minimum absolute atomic E-state index is 0.412. The van der Waals surface area contributed by atoms with Gasteiger partial charge in [-0.1, -0.05) is 38.1 Å². The number of hydrogen-bond acceptors (Lipinski definition) is 3. The van der Waals surface area contributed by atoms with Gasteiger partial charge in [0.2, 0.25) is 0 Å². The molecule has 2 heterocycles. The lowest BCUT2D eigenvalue weighted by atomic mass is 9.90. The summed E-state index contributed by atoms with van der Waals surface area (Å²) in [5.74, 6) is 0.582. The Bertz CT molecular complexity index is 516. The lowest BCUT2D eigenvalue weighted by molar-refractivity contribution is -0.0353. The summed E-state index contributed by atoms with van der Waals surface area (Å²) in [5, 5.41) is 0. The number of hydrogen-bond donors (Lipinski definition) is 0. The second-order valence-corrected chi connectivity index (χ2v) is 7.63. The molecule has 2 aliphatic rings. The quantitative estimate of drug-likeness (QED) is 0.846. The second kappa shape index (κ2) is 7.33. The first-order valence-corrected chi connectivity index (χ1v) is 9.21. The van der Waals surface area contributed by atoms with Gasteiger partial charge in [0.15, 0.2) is 0 Å². The van der Waals surface area contributed by atoms with Gasteiger partial charge >= 0.3 is 0 Å². The van der Waals surface area contributed by atoms with Crippen molar-refractivity contribution in [2.45, 2.75) is 57.7 Å². The summed E-state index contributed by atoms with van der Waals surface area (Å²) >= 11 is 0. The molecule has 0 aromatic heterocycles. The van der Waals surface area contributed by atoms with E-state index in [4.69, 9.17) is 4.74 Å². The fourth-order valence-corrected chi connectivity index (χ4v) is 4.21. The van der Waals surface area contributed by atoms with Crippen LogP contribution in [-0.4, -0.2) is 55.2 Å². The molecule has 3 unspecified atom stereocenters. The van der Waals surface area contributed by atoms with Crippen LogP contribution in [0.5, 0.6) is 0 Å². The zero-order chi connectivity index (χ0) is 16.4. The molecule has 0 bridgehead atoms. The van der Waals surface area contributed by atoms with Gasteiger partial charge in [-0.25, -0.2) is 0 Å². The van der Waals surface area contributed by atoms with Gasteiger partial charge in [0, 0.05) is 38.3 Å². The Kier molecular flexibility index (Phi) is 5.40. The van der Waals surface area contributed by atoms with E-state index in [1.165, 1.54) is 30.5 Å². The fourth-order valence-electron chi connectivity index (χ4n) is 4.21. The van der Waals surface area contributed by atoms with Crippen LogP contribution in [-0.2, 0) is 4.74 Å². The van der Waals surface area contributed by atoms with Gasteiger partial charge in [0.25, 0.3) is 0 Å². The third-order valence-corrected chi connectivity index (χ3v) is 5.63. The maximum absolute atomic E-state index is 5.74. The number of rotatable bonds is 3. The van der Waals surface area contributed by atoms with Crippen LogP contribution in [0.2, 0.25) is 0 Å². The average molecular weight is 316 g/mol. The average Bonchev–Trinajstić information content (AvgIpc) is 2.55. The number of nitrogens with zero attached hydrogens (tertiary/aromatic N) is 2. The number of ether oxygens (including phenoxy) is 1. The molecule has 2 aliphatic heterocycles. The highest BCUT2D eigenvalue weighted by atomic mass is 16.5. The van der Waals surface area contributed by atoms with E-state index in [9.17, 15) is 0 Å². The predicted molar refractivity (Wildman–Crippen MR) is 95.9 cm³/mol. The van der Waals surface area contributed by atoms with E-state index < -0.39 is 0 Å². The minimum Gasteiger partial charge on any atom is -0.378 e. The molecule has 0 radical (unpaired) electrons. The lowest BCUT2D eigenvalue weighted by Gasteiger charge is -2.45. The summed E-state index contributed by atoms with van der Waals surface area (Å²) in [7, 11) is 2.28. The highest BCUT2D eigenvalue weighted by molar-refractivity contribution is 5.33. The van der Waals surface area contributed by atoms with Crippen LogP contribution in [0.15, 0.2) is 24.3 Å². The molecule has 2 saturated heterocycles. The molecule has 1 aromatic rings. The van der Waals surface area contributed by atoms with Crippen molar-refractivity contribution in [3.8, 4) is 0 Å². The number of piperazine rings is 1. The largest absolute Gasteiger partial charge is 0.378 e. The number of benzene rings is 1. The summed E-state index contributed by atoms with van der Waals surface area (Å²) in [4.78, 5) is 5.27. The first-order chi connectivity index (χ1) is 11.1. The van der Waals surface area contributed by atoms with Crippen molar-refractivity contribution < 1.29 is 4.74 Å². The lowest BCUT2D eigenvalue weighted by Crippen LogP contribution is -2.52. The van der Waals surface area contributed by atoms with Crippen LogP contribution >= 0.6 is 0 Å². The summed E-state index contributed by atoms with van der Waals surface area (Å²) < 4.78 is 5.74. The highest BCUT2D eigenvalue weighted by Gasteiger charge is 2.33. The summed E-state index contributed by atoms with van der Waals surface area (Å²) in [6, 6.07) is 10.2. The van der Waals surface area contributed by atoms with Crippen molar-refractivity contribution >= 4 is 0 Å². The SMILES string of the molecule is CC1CC(N2CCN(C)C(c3ccccc3C(C)C)C2)CCO1. The third kappa shape index (κ3) is 3.78. The molecule has 0 spiro atoms. The van der Waals surface area contributed by atoms with Gasteiger partial charge in [-0.05, 0) is 43.9 Å². The van der Waals surface area contributed by atoms with Crippen molar-refractivity contribution in [3.63, 3.8) is 0 Å². The zero-order valence-electron chi connectivity index (χ0n) is 15.2. The van der Waals surface area contributed by atoms with E-state index in [1.54, 1.807) is 0 Å². The number of likely N-dealkylation sites (N-methyl/N-ethyl adjacent to an activating group) is 1. The van der Waals surface area contributed by atoms with Gasteiger partial charge in [-0.15, -0.1) is 0 Å². The Balaban J connectivity index is 1.79. The Morgan fingerprint density at radius 1 is 1.17 bits per heavy atom. The normalized spacial score (nSPS) is 30.7. The molecular formula is C20H32N2O. The van der Waals surface area contributed by atoms with Gasteiger partial charge in [0.05, 0.1) is 6.10 Å². The molecule has 3 nitrogen and oxygen atoms in total. The van der Waals surface area contributed by atoms with Crippen LogP contribution in [0.1, 0.15) is 56.7 Å². The van der Waals surface area contributed by atoms with Gasteiger partial charge in [-0.3, -0.25) is 9.80 Å². The smallest absolute Gasteiger partial charge is 0.0561 e. The van der Waals surface area contributed by atoms with E-state index in [1.807, 2.05) is 0 Å². The Hall–Kier alpha value is -0.900. The minimum atomic E-state index is 0.412. The molecule has 128 valence electrons. The standard InChI is InChI=1S/C20H32N2O/c1-15(2)18-7-5-6-8-19(18)20-14-22(11-10-21(20)4)17-9-12-23-16(3)13-17/h5-8,15-17,20H,9-14H2,1-4H3. The molecule has 23 heavy (non-hydrogen) atoms. The van der Waals surface area contributed by atoms with Crippen molar-refractivity contribution in [1.29, 1.82) is 0 Å². The molecule has 1 aromatic carbocycles. The molecule has 3 atom stereocenters. The van der Waals surface area contributed by atoms with Gasteiger partial charge < -0.3 is 4.74 Å². The first kappa shape index (κ1) is 16.9. The fraction of sp³-hybridized carbons (Fsp3) is 0.700. The van der Waals surface area contributed by atoms with Crippen LogP contribution in [0.3, 0.4) is 0 Å². The van der Waals surface area contributed by atoms with E-state index in [2.05, 4.69) is 61.9 Å². The first-order valence-electron chi connectivity index (χ1n) is 9.21. The predicted octanol–water partition coefficient (Wildman–Crippen LogP) is 3.67. The maximum Gasteiger partial charge on any atom is 0.0561 e. The van der Waals surface area contributed by atoms with Crippen molar-refractivity contribution in [1.82, 2.24) is 9.80 Å². The maximum atomic E-state index is 5.74. The molecule has 2 fully saturated rings. The molecule has 0 aliphatic carbocycles. The third-order valence-electron chi connectivity index (χ3n) is 5.63. The van der Waals surface area contributed by atoms with Gasteiger partial charge in [-0.2, -0.15) is 0 Å². The van der Waals surface area contributed by atoms with E-state index in [0.717, 1.165) is 19.7 Å². The van der Waals surface area contributed by atoms with Crippen LogP contribution < -0.4 is 0 Å². The second-order valence-electron chi connectivity index (χ2n) is 7.63. The van der Waals surface area contributed by atoms with Crippen molar-refractivity contribution in [3.05, 3.63) is 35.4 Å². The Morgan fingerprint density at radius 3 is 2.70 bits per heavy atom. The van der Waals surface area contributed by atoms with Crippen LogP contribution in [0, 0.1) is 0 Å². The van der Waals surface area contributed by atoms with E-state index in [0.29, 0.717) is 24.1 Å². The van der Waals surface area contributed by atoms with E-state index in [-0.39, 0.29) is 0 Å². The molecule has 0 saturated carbocycles. The van der Waals surface area contributed by atoms with Crippen molar-refractivity contribution in [2.75, 3.05) is 33.3 Å². The van der Waals surface area contributed by atoms with Crippen LogP contribution in [0.25, 0.3) is 0 Å². The topological polar surface area (TPSA) is 15.7 Å². The van der Waals surface area contributed by atoms with Crippen LogP contribution in [0.4, 0.5) is 0 Å². The monoisotopic (exact) mass is 316 g/mol. The van der Waals surface area contributed by atoms with Crippen molar-refractivity contribution in [2.24, 2.45) is 0 Å². The summed E-state index contributed by atoms with van der Waals surface area (Å²) in [6.45, 7) is 11.2.